The smallest absolute Gasteiger partial charge is 0.379 e. The van der Waals surface area contributed by atoms with Crippen molar-refractivity contribution in [2.24, 2.45) is 0 Å². The fraction of sp³-hybridized carbons (Fsp3) is 0. The van der Waals surface area contributed by atoms with Gasteiger partial charge in [-0.3, -0.25) is 0 Å². The summed E-state index contributed by atoms with van der Waals surface area (Å²) in [5.74, 6) is 0. The summed E-state index contributed by atoms with van der Waals surface area (Å²) in [5.41, 5.74) is 4.43. The molecule has 4 aromatic heterocycles. The molecular formula is C84H64BN8O4P4-. The van der Waals surface area contributed by atoms with E-state index in [2.05, 4.69) is 0 Å². The first-order valence-corrected chi connectivity index (χ1v) is 40.1. The second kappa shape index (κ2) is 27.0. The maximum atomic E-state index is 16.6. The molecule has 0 fully saturated rings. The van der Waals surface area contributed by atoms with Crippen LogP contribution in [0.2, 0.25) is 0 Å². The highest BCUT2D eigenvalue weighted by atomic mass is 31.2. The number of hydrogen-bond acceptors (Lipinski definition) is 8. The Hall–Kier alpha value is -11.5. The van der Waals surface area contributed by atoms with Crippen molar-refractivity contribution in [3.05, 3.63) is 389 Å². The highest BCUT2D eigenvalue weighted by molar-refractivity contribution is 7.87. The van der Waals surface area contributed by atoms with Gasteiger partial charge in [0.05, 0.1) is 22.8 Å². The number of hydrogen-bond donors (Lipinski definition) is 0. The second-order valence-electron chi connectivity index (χ2n) is 24.6. The van der Waals surface area contributed by atoms with Gasteiger partial charge in [0.1, 0.15) is 0 Å². The van der Waals surface area contributed by atoms with Gasteiger partial charge in [0.2, 0.25) is 0 Å². The molecule has 0 saturated carbocycles. The Balaban J connectivity index is 0.976. The first-order valence-electron chi connectivity index (χ1n) is 33.3. The molecule has 0 bridgehead atoms. The van der Waals surface area contributed by atoms with Crippen LogP contribution < -0.4 is 63.7 Å². The highest BCUT2D eigenvalue weighted by Crippen LogP contribution is 2.49. The number of rotatable bonds is 20. The van der Waals surface area contributed by atoms with Crippen LogP contribution in [0.3, 0.4) is 0 Å². The summed E-state index contributed by atoms with van der Waals surface area (Å²) in [6, 6.07) is 115. The fourth-order valence-electron chi connectivity index (χ4n) is 14.1. The Labute approximate surface area is 586 Å². The van der Waals surface area contributed by atoms with Crippen LogP contribution in [-0.4, -0.2) is 45.5 Å². The van der Waals surface area contributed by atoms with Crippen molar-refractivity contribution >= 4 is 98.9 Å². The Morgan fingerprint density at radius 1 is 0.188 bits per heavy atom. The zero-order valence-electron chi connectivity index (χ0n) is 54.5. The number of nitrogens with zero attached hydrogens (tertiary/aromatic N) is 8. The molecule has 12 aromatic carbocycles. The van der Waals surface area contributed by atoms with Crippen molar-refractivity contribution < 1.29 is 18.3 Å². The highest BCUT2D eigenvalue weighted by Gasteiger charge is 2.43. The lowest BCUT2D eigenvalue weighted by molar-refractivity contribution is 0.591. The quantitative estimate of drug-likeness (QED) is 0.0543. The molecule has 0 N–H and O–H groups in total. The summed E-state index contributed by atoms with van der Waals surface area (Å²) in [6.45, 7) is -3.13. The van der Waals surface area contributed by atoms with E-state index in [1.165, 1.54) is 0 Å². The van der Waals surface area contributed by atoms with Gasteiger partial charge in [-0.15, -0.1) is 0 Å². The molecule has 12 nitrogen and oxygen atoms in total. The minimum atomic E-state index is -3.63. The van der Waals surface area contributed by atoms with Crippen molar-refractivity contribution in [1.82, 2.24) is 38.8 Å². The molecule has 0 aliphatic rings. The van der Waals surface area contributed by atoms with Crippen LogP contribution in [0.1, 0.15) is 0 Å². The first kappa shape index (κ1) is 64.2. The zero-order valence-corrected chi connectivity index (χ0v) is 58.1. The van der Waals surface area contributed by atoms with Crippen LogP contribution in [0.4, 0.5) is 0 Å². The summed E-state index contributed by atoms with van der Waals surface area (Å²) in [7, 11) is -14.5. The molecule has 0 radical (unpaired) electrons. The van der Waals surface area contributed by atoms with E-state index in [0.29, 0.717) is 109 Å². The Kier molecular flexibility index (Phi) is 17.1. The van der Waals surface area contributed by atoms with E-state index in [1.807, 2.05) is 407 Å². The van der Waals surface area contributed by atoms with E-state index in [0.717, 1.165) is 0 Å². The van der Waals surface area contributed by atoms with Gasteiger partial charge in [0.15, 0.2) is 28.6 Å². The molecule has 4 heterocycles. The molecule has 0 amide bonds. The van der Waals surface area contributed by atoms with Crippen LogP contribution in [0.15, 0.2) is 389 Å². The lowest BCUT2D eigenvalue weighted by Crippen LogP contribution is -2.65. The minimum absolute atomic E-state index is 0.483. The lowest BCUT2D eigenvalue weighted by atomic mass is 9.75. The Morgan fingerprint density at radius 3 is 0.505 bits per heavy atom. The maximum absolute atomic E-state index is 16.6. The van der Waals surface area contributed by atoms with Gasteiger partial charge in [-0.2, -0.15) is 0 Å². The Bertz CT molecular complexity index is 4930. The molecule has 0 unspecified atom stereocenters. The average Bonchev–Trinajstić information content (AvgIpc) is 1.57. The topological polar surface area (TPSA) is 140 Å². The molecule has 16 aromatic rings. The molecule has 0 spiro atoms. The summed E-state index contributed by atoms with van der Waals surface area (Å²) in [4.78, 5) is 0. The second-order valence-corrected chi connectivity index (χ2v) is 35.5. The van der Waals surface area contributed by atoms with Crippen molar-refractivity contribution in [1.29, 1.82) is 0 Å². The largest absolute Gasteiger partial charge is 0.466 e. The summed E-state index contributed by atoms with van der Waals surface area (Å²) in [5, 5.41) is 30.4. The number of aromatic nitrogens is 8. The van der Waals surface area contributed by atoms with Gasteiger partial charge >= 0.3 is 6.69 Å². The third-order valence-electron chi connectivity index (χ3n) is 18.9. The van der Waals surface area contributed by atoms with E-state index in [-0.39, 0.29) is 0 Å². The molecule has 17 heteroatoms. The summed E-state index contributed by atoms with van der Waals surface area (Å²) in [6.07, 6.45) is 7.50. The maximum Gasteiger partial charge on any atom is 0.466 e. The molecule has 488 valence electrons. The van der Waals surface area contributed by atoms with E-state index in [4.69, 9.17) is 20.4 Å². The zero-order chi connectivity index (χ0) is 68.4. The third-order valence-corrected chi connectivity index (χ3v) is 31.4. The average molecular weight is 1380 g/mol. The molecular weight excluding hydrogens is 1320 g/mol. The van der Waals surface area contributed by atoms with Gasteiger partial charge in [-0.1, -0.05) is 340 Å². The standard InChI is InChI=1S/C84H64BN8O4P4/c94-98(65-33-9-1-10-34-65,66-35-11-2-12-36-66)81-53-29-25-49-73(81)77-57-61-90(86-77)85(91-62-58-78(87-91)74-50-26-30-54-82(74)99(95,67-37-13-3-14-38-67)68-39-15-4-16-40-68,92-63-59-79(88-92)75-51-27-31-55-83(75)100(96,69-41-17-5-18-42-69)70-43-19-6-20-44-70)93-64-60-80(89-93)76-52-28-32-56-84(76)101(97,71-45-21-7-22-46-71)72-47-23-8-24-48-72/h1-64H/q-1. The summed E-state index contributed by atoms with van der Waals surface area (Å²) < 4.78 is 73.6. The fourth-order valence-corrected chi connectivity index (χ4v) is 25.5. The molecule has 0 aliphatic heterocycles. The molecule has 101 heavy (non-hydrogen) atoms. The third kappa shape index (κ3) is 11.1. The van der Waals surface area contributed by atoms with Crippen molar-refractivity contribution in [3.63, 3.8) is 0 Å². The van der Waals surface area contributed by atoms with Crippen LogP contribution in [0.25, 0.3) is 45.0 Å². The van der Waals surface area contributed by atoms with Gasteiger partial charge in [0, 0.05) is 85.9 Å². The van der Waals surface area contributed by atoms with Gasteiger partial charge in [-0.05, 0) is 49.1 Å². The van der Waals surface area contributed by atoms with Crippen molar-refractivity contribution in [2.75, 3.05) is 0 Å². The van der Waals surface area contributed by atoms with Gasteiger partial charge in [-0.25, -0.2) is 20.4 Å². The van der Waals surface area contributed by atoms with E-state index in [1.54, 1.807) is 0 Å². The molecule has 0 aliphatic carbocycles. The van der Waals surface area contributed by atoms with Crippen LogP contribution in [0.5, 0.6) is 0 Å². The van der Waals surface area contributed by atoms with Crippen molar-refractivity contribution in [3.8, 4) is 45.0 Å². The van der Waals surface area contributed by atoms with E-state index >= 15 is 18.3 Å². The van der Waals surface area contributed by atoms with E-state index in [9.17, 15) is 0 Å². The van der Waals surface area contributed by atoms with Crippen LogP contribution in [-0.2, 0) is 18.3 Å². The molecule has 16 rings (SSSR count). The predicted octanol–water partition coefficient (Wildman–Crippen LogP) is 13.6. The lowest BCUT2D eigenvalue weighted by Gasteiger charge is -2.41. The van der Waals surface area contributed by atoms with Crippen LogP contribution in [0, 0.1) is 0 Å². The first-order chi connectivity index (χ1) is 49.6. The summed E-state index contributed by atoms with van der Waals surface area (Å²) >= 11 is 0. The van der Waals surface area contributed by atoms with E-state index < -0.39 is 35.3 Å². The monoisotopic (exact) mass is 1380 g/mol. The molecule has 0 atom stereocenters. The Morgan fingerprint density at radius 2 is 0.337 bits per heavy atom. The molecule has 0 saturated heterocycles. The SMILES string of the molecule is O=P(c1ccccc1)(c1ccccc1)c1ccccc1-c1ccn([B-](n2ccc(-c3ccccc3P(=O)(c3ccccc3)c3ccccc3)n2)(n2ccc(-c3ccccc3P(=O)(c3ccccc3)c3ccccc3)n2)n2ccc(-c3ccccc3P(=O)(c3ccccc3)c3ccccc3)n2)n1. The van der Waals surface area contributed by atoms with Gasteiger partial charge < -0.3 is 36.6 Å². The normalized spacial score (nSPS) is 12.1. The van der Waals surface area contributed by atoms with Gasteiger partial charge in [0.25, 0.3) is 0 Å². The predicted molar refractivity (Wildman–Crippen MR) is 416 cm³/mol. The number of benzene rings is 12. The minimum Gasteiger partial charge on any atom is -0.379 e. The van der Waals surface area contributed by atoms with Crippen molar-refractivity contribution in [2.45, 2.75) is 0 Å². The van der Waals surface area contributed by atoms with Crippen LogP contribution >= 0.6 is 28.6 Å².